The predicted octanol–water partition coefficient (Wildman–Crippen LogP) is 0.955. The third-order valence-corrected chi connectivity index (χ3v) is 1.68. The Kier molecular flexibility index (Phi) is 2.89. The van der Waals surface area contributed by atoms with Crippen molar-refractivity contribution < 1.29 is 4.74 Å². The Morgan fingerprint density at radius 1 is 1.80 bits per heavy atom. The zero-order valence-electron chi connectivity index (χ0n) is 5.49. The molecule has 0 aromatic carbocycles. The highest BCUT2D eigenvalue weighted by Gasteiger charge is 2.21. The molecule has 1 saturated heterocycles. The molecule has 1 heterocycles. The summed E-state index contributed by atoms with van der Waals surface area (Å²) in [4.78, 5) is 10.1. The zero-order chi connectivity index (χ0) is 7.40. The predicted molar refractivity (Wildman–Crippen MR) is 37.6 cm³/mol. The summed E-state index contributed by atoms with van der Waals surface area (Å²) in [6.07, 6.45) is 0.534. The molecule has 0 aromatic rings. The van der Waals surface area contributed by atoms with Gasteiger partial charge in [0.05, 0.1) is 17.8 Å². The van der Waals surface area contributed by atoms with Crippen molar-refractivity contribution >= 4 is 11.6 Å². The second-order valence-corrected chi connectivity index (χ2v) is 2.39. The Bertz CT molecular complexity index is 122. The summed E-state index contributed by atoms with van der Waals surface area (Å²) in [6.45, 7) is 1.32. The van der Waals surface area contributed by atoms with Gasteiger partial charge in [0.25, 0.3) is 0 Å². The second kappa shape index (κ2) is 3.73. The first-order chi connectivity index (χ1) is 4.88. The Morgan fingerprint density at radius 3 is 3.10 bits per heavy atom. The highest BCUT2D eigenvalue weighted by Crippen LogP contribution is 2.10. The molecule has 0 saturated carbocycles. The normalized spacial score (nSPS) is 26.5. The maximum Gasteiger partial charge on any atom is 0.162 e. The molecule has 58 valence electrons. The molecule has 0 aromatic heterocycles. The van der Waals surface area contributed by atoms with Crippen LogP contribution in [0.3, 0.4) is 0 Å². The van der Waals surface area contributed by atoms with Gasteiger partial charge in [-0.2, -0.15) is 0 Å². The fraction of sp³-hybridized carbons (Fsp3) is 1.00. The molecule has 1 atom stereocenters. The molecule has 1 rings (SSSR count). The molecule has 0 N–H and O–H groups in total. The largest absolute Gasteiger partial charge is 0.355 e. The van der Waals surface area contributed by atoms with Crippen LogP contribution in [0.1, 0.15) is 6.42 Å². The van der Waals surface area contributed by atoms with E-state index in [1.54, 1.807) is 0 Å². The van der Waals surface area contributed by atoms with Crippen LogP contribution >= 0.6 is 11.6 Å². The minimum Gasteiger partial charge on any atom is -0.355 e. The summed E-state index contributed by atoms with van der Waals surface area (Å²) in [5.41, 5.74) is 0. The van der Waals surface area contributed by atoms with Gasteiger partial charge in [-0.05, 0) is 6.42 Å². The molecule has 1 aliphatic heterocycles. The van der Waals surface area contributed by atoms with Crippen LogP contribution in [0, 0.1) is 4.91 Å². The van der Waals surface area contributed by atoms with Crippen LogP contribution in [0.2, 0.25) is 0 Å². The number of hydrogen-bond acceptors (Lipinski definition) is 3. The molecule has 0 radical (unpaired) electrons. The van der Waals surface area contributed by atoms with E-state index >= 15 is 0 Å². The van der Waals surface area contributed by atoms with Gasteiger partial charge in [0, 0.05) is 6.54 Å². The van der Waals surface area contributed by atoms with Crippen molar-refractivity contribution in [1.29, 1.82) is 0 Å². The van der Waals surface area contributed by atoms with Gasteiger partial charge < -0.3 is 4.74 Å². The number of nitrogens with zero attached hydrogens (tertiary/aromatic N) is 2. The molecule has 0 bridgehead atoms. The Morgan fingerprint density at radius 2 is 2.60 bits per heavy atom. The highest BCUT2D eigenvalue weighted by molar-refractivity contribution is 6.18. The fourth-order valence-corrected chi connectivity index (χ4v) is 1.14. The van der Waals surface area contributed by atoms with Gasteiger partial charge in [-0.3, -0.25) is 0 Å². The van der Waals surface area contributed by atoms with Gasteiger partial charge in [-0.25, -0.2) is 5.01 Å². The first kappa shape index (κ1) is 7.75. The van der Waals surface area contributed by atoms with E-state index in [1.165, 1.54) is 5.01 Å². The molecule has 0 amide bonds. The van der Waals surface area contributed by atoms with Crippen molar-refractivity contribution in [2.45, 2.75) is 12.6 Å². The molecular formula is C5H9ClN2O2. The Hall–Kier alpha value is -0.350. The molecule has 1 unspecified atom stereocenters. The van der Waals surface area contributed by atoms with E-state index in [2.05, 4.69) is 5.29 Å². The summed E-state index contributed by atoms with van der Waals surface area (Å²) in [5, 5.41) is 4.10. The maximum absolute atomic E-state index is 10.1. The van der Waals surface area contributed by atoms with E-state index in [0.29, 0.717) is 19.0 Å². The van der Waals surface area contributed by atoms with Crippen LogP contribution in [0.5, 0.6) is 0 Å². The van der Waals surface area contributed by atoms with Crippen molar-refractivity contribution in [3.05, 3.63) is 4.91 Å². The zero-order valence-corrected chi connectivity index (χ0v) is 6.25. The third kappa shape index (κ3) is 1.58. The molecule has 10 heavy (non-hydrogen) atoms. The van der Waals surface area contributed by atoms with E-state index in [-0.39, 0.29) is 6.23 Å². The van der Waals surface area contributed by atoms with Crippen molar-refractivity contribution in [1.82, 2.24) is 5.01 Å². The topological polar surface area (TPSA) is 41.9 Å². The summed E-state index contributed by atoms with van der Waals surface area (Å²) < 4.78 is 5.13. The summed E-state index contributed by atoms with van der Waals surface area (Å²) >= 11 is 5.49. The second-order valence-electron chi connectivity index (χ2n) is 2.08. The molecule has 1 aliphatic rings. The van der Waals surface area contributed by atoms with Gasteiger partial charge >= 0.3 is 0 Å². The van der Waals surface area contributed by atoms with Gasteiger partial charge in [0.15, 0.2) is 6.23 Å². The number of rotatable bonds is 2. The standard InChI is InChI=1S/C5H9ClN2O2/c6-4-5-8(7-9)2-1-3-10-5/h5H,1-4H2. The average molecular weight is 165 g/mol. The molecule has 4 nitrogen and oxygen atoms in total. The minimum atomic E-state index is -0.312. The number of alkyl halides is 1. The van der Waals surface area contributed by atoms with Gasteiger partial charge in [-0.15, -0.1) is 16.5 Å². The third-order valence-electron chi connectivity index (χ3n) is 1.41. The molecule has 5 heteroatoms. The first-order valence-electron chi connectivity index (χ1n) is 3.16. The van der Waals surface area contributed by atoms with Gasteiger partial charge in [0.1, 0.15) is 0 Å². The number of halogens is 1. The minimum absolute atomic E-state index is 0.297. The molecule has 0 aliphatic carbocycles. The van der Waals surface area contributed by atoms with E-state index in [4.69, 9.17) is 16.3 Å². The number of hydrogen-bond donors (Lipinski definition) is 0. The van der Waals surface area contributed by atoms with Crippen molar-refractivity contribution in [2.75, 3.05) is 19.0 Å². The lowest BCUT2D eigenvalue weighted by molar-refractivity contribution is -0.0814. The van der Waals surface area contributed by atoms with Crippen LogP contribution in [-0.4, -0.2) is 30.3 Å². The molecule has 0 spiro atoms. The molecule has 1 fully saturated rings. The van der Waals surface area contributed by atoms with E-state index in [1.807, 2.05) is 0 Å². The van der Waals surface area contributed by atoms with E-state index in [9.17, 15) is 4.91 Å². The van der Waals surface area contributed by atoms with Gasteiger partial charge in [0.2, 0.25) is 0 Å². The SMILES string of the molecule is O=NN1CCCOC1CCl. The maximum atomic E-state index is 10.1. The number of nitroso groups, excluding NO2 is 1. The van der Waals surface area contributed by atoms with E-state index < -0.39 is 0 Å². The van der Waals surface area contributed by atoms with Crippen LogP contribution in [-0.2, 0) is 4.74 Å². The summed E-state index contributed by atoms with van der Waals surface area (Å²) in [6, 6.07) is 0. The lowest BCUT2D eigenvalue weighted by Gasteiger charge is -2.28. The number of ether oxygens (including phenoxy) is 1. The van der Waals surface area contributed by atoms with Crippen molar-refractivity contribution in [3.8, 4) is 0 Å². The summed E-state index contributed by atoms with van der Waals surface area (Å²) in [5.74, 6) is 0.297. The van der Waals surface area contributed by atoms with Crippen LogP contribution in [0.15, 0.2) is 5.29 Å². The Labute approximate surface area is 64.0 Å². The quantitative estimate of drug-likeness (QED) is 0.451. The Balaban J connectivity index is 2.41. The van der Waals surface area contributed by atoms with Crippen molar-refractivity contribution in [3.63, 3.8) is 0 Å². The highest BCUT2D eigenvalue weighted by atomic mass is 35.5. The van der Waals surface area contributed by atoms with Crippen LogP contribution < -0.4 is 0 Å². The smallest absolute Gasteiger partial charge is 0.162 e. The first-order valence-corrected chi connectivity index (χ1v) is 3.69. The average Bonchev–Trinajstić information content (AvgIpc) is 2.04. The molecular weight excluding hydrogens is 156 g/mol. The van der Waals surface area contributed by atoms with E-state index in [0.717, 1.165) is 6.42 Å². The fourth-order valence-electron chi connectivity index (χ4n) is 0.894. The van der Waals surface area contributed by atoms with Crippen LogP contribution in [0.25, 0.3) is 0 Å². The monoisotopic (exact) mass is 164 g/mol. The summed E-state index contributed by atoms with van der Waals surface area (Å²) in [7, 11) is 0. The lowest BCUT2D eigenvalue weighted by Crippen LogP contribution is -2.40. The van der Waals surface area contributed by atoms with Gasteiger partial charge in [-0.1, -0.05) is 0 Å². The van der Waals surface area contributed by atoms with Crippen molar-refractivity contribution in [2.24, 2.45) is 5.29 Å². The van der Waals surface area contributed by atoms with Crippen LogP contribution in [0.4, 0.5) is 0 Å². The lowest BCUT2D eigenvalue weighted by atomic mass is 10.4.